The molecule has 0 saturated carbocycles. The van der Waals surface area contributed by atoms with Crippen molar-refractivity contribution in [1.82, 2.24) is 0 Å². The van der Waals surface area contributed by atoms with E-state index < -0.39 is 0 Å². The third-order valence-electron chi connectivity index (χ3n) is 5.89. The molecule has 0 spiro atoms. The fourth-order valence-corrected chi connectivity index (χ4v) is 3.91. The molecule has 0 bridgehead atoms. The zero-order chi connectivity index (χ0) is 24.9. The Bertz CT molecular complexity index is 990. The van der Waals surface area contributed by atoms with E-state index in [0.29, 0.717) is 25.1 Å². The van der Waals surface area contributed by atoms with Gasteiger partial charge in [-0.1, -0.05) is 58.1 Å². The maximum atomic E-state index is 13.3. The van der Waals surface area contributed by atoms with Crippen LogP contribution in [0.1, 0.15) is 62.6 Å². The molecule has 4 heteroatoms. The molecule has 34 heavy (non-hydrogen) atoms. The summed E-state index contributed by atoms with van der Waals surface area (Å²) in [6.45, 7) is 14.4. The number of carbonyl (C=O) groups excluding carboxylic acids is 1. The van der Waals surface area contributed by atoms with Gasteiger partial charge < -0.3 is 15.3 Å². The number of nitrogens with one attached hydrogen (secondary N) is 1. The smallest absolute Gasteiger partial charge is 0.227 e. The summed E-state index contributed by atoms with van der Waals surface area (Å²) < 4.78 is 0. The molecule has 182 valence electrons. The van der Waals surface area contributed by atoms with Crippen molar-refractivity contribution in [3.05, 3.63) is 90.2 Å². The molecule has 0 heterocycles. The second-order valence-electron chi connectivity index (χ2n) is 8.66. The minimum atomic E-state index is 0.119. The number of anilines is 2. The molecular weight excluding hydrogens is 420 g/mol. The third kappa shape index (κ3) is 7.95. The maximum absolute atomic E-state index is 13.3. The highest BCUT2D eigenvalue weighted by molar-refractivity contribution is 5.93. The van der Waals surface area contributed by atoms with E-state index in [9.17, 15) is 9.90 Å². The van der Waals surface area contributed by atoms with Gasteiger partial charge in [0.1, 0.15) is 5.75 Å². The first-order valence-corrected chi connectivity index (χ1v) is 12.4. The van der Waals surface area contributed by atoms with Crippen LogP contribution in [0, 0.1) is 6.92 Å². The van der Waals surface area contributed by atoms with Crippen molar-refractivity contribution in [2.45, 2.75) is 65.7 Å². The largest absolute Gasteiger partial charge is 0.507 e. The molecular formula is C30H40N2O2. The number of unbranched alkanes of at least 4 members (excludes halogenated alkanes) is 2. The molecule has 2 N–H and O–H groups in total. The minimum Gasteiger partial charge on any atom is -0.507 e. The molecule has 0 aliphatic heterocycles. The first-order valence-electron chi connectivity index (χ1n) is 12.4. The van der Waals surface area contributed by atoms with Gasteiger partial charge in [0.15, 0.2) is 0 Å². The topological polar surface area (TPSA) is 52.6 Å². The van der Waals surface area contributed by atoms with Crippen LogP contribution in [0.4, 0.5) is 11.4 Å². The van der Waals surface area contributed by atoms with Gasteiger partial charge in [0.2, 0.25) is 5.91 Å². The summed E-state index contributed by atoms with van der Waals surface area (Å²) >= 11 is 0. The van der Waals surface area contributed by atoms with Crippen molar-refractivity contribution in [1.29, 1.82) is 0 Å². The van der Waals surface area contributed by atoms with Gasteiger partial charge in [-0.3, -0.25) is 4.79 Å². The first kappa shape index (κ1) is 27.0. The van der Waals surface area contributed by atoms with Crippen LogP contribution in [0.2, 0.25) is 0 Å². The summed E-state index contributed by atoms with van der Waals surface area (Å²) in [5, 5.41) is 13.7. The van der Waals surface area contributed by atoms with Crippen molar-refractivity contribution in [2.75, 3.05) is 16.8 Å². The van der Waals surface area contributed by atoms with Crippen LogP contribution in [0.3, 0.4) is 0 Å². The Kier molecular flexibility index (Phi) is 11.2. The summed E-state index contributed by atoms with van der Waals surface area (Å²) in [4.78, 5) is 15.1. The Balaban J connectivity index is 2.14. The molecule has 0 aromatic heterocycles. The SMILES string of the molecule is C=C/C=C(\C=C)Nc1ccc(N(CCCC)C(=O)CCc2cc(C)c(O)c(CCCC)c2)cc1. The normalized spacial score (nSPS) is 11.2. The molecule has 2 rings (SSSR count). The third-order valence-corrected chi connectivity index (χ3v) is 5.89. The molecule has 1 amide bonds. The van der Waals surface area contributed by atoms with Crippen LogP contribution in [-0.4, -0.2) is 17.6 Å². The Morgan fingerprint density at radius 2 is 1.76 bits per heavy atom. The quantitative estimate of drug-likeness (QED) is 0.287. The summed E-state index contributed by atoms with van der Waals surface area (Å²) in [5.74, 6) is 0.512. The molecule has 0 radical (unpaired) electrons. The number of aryl methyl sites for hydroxylation is 3. The monoisotopic (exact) mass is 460 g/mol. The van der Waals surface area contributed by atoms with Crippen LogP contribution in [0.15, 0.2) is 73.5 Å². The highest BCUT2D eigenvalue weighted by atomic mass is 16.3. The lowest BCUT2D eigenvalue weighted by Gasteiger charge is -2.23. The molecule has 0 aliphatic carbocycles. The molecule has 4 nitrogen and oxygen atoms in total. The van der Waals surface area contributed by atoms with E-state index in [-0.39, 0.29) is 5.91 Å². The summed E-state index contributed by atoms with van der Waals surface area (Å²) in [6.07, 6.45) is 11.4. The number of aromatic hydroxyl groups is 1. The number of nitrogens with zero attached hydrogens (tertiary/aromatic N) is 1. The first-order chi connectivity index (χ1) is 16.4. The number of rotatable bonds is 14. The second kappa shape index (κ2) is 14.1. The van der Waals surface area contributed by atoms with Crippen LogP contribution in [0.25, 0.3) is 0 Å². The highest BCUT2D eigenvalue weighted by Gasteiger charge is 2.16. The number of phenolic OH excluding ortho intramolecular Hbond substituents is 1. The van der Waals surface area contributed by atoms with Gasteiger partial charge in [-0.2, -0.15) is 0 Å². The van der Waals surface area contributed by atoms with E-state index in [4.69, 9.17) is 0 Å². The second-order valence-corrected chi connectivity index (χ2v) is 8.66. The van der Waals surface area contributed by atoms with E-state index >= 15 is 0 Å². The van der Waals surface area contributed by atoms with Crippen molar-refractivity contribution in [3.63, 3.8) is 0 Å². The Morgan fingerprint density at radius 1 is 1.06 bits per heavy atom. The van der Waals surface area contributed by atoms with E-state index in [1.807, 2.05) is 48.2 Å². The summed E-state index contributed by atoms with van der Waals surface area (Å²) in [5.41, 5.74) is 5.67. The van der Waals surface area contributed by atoms with Crippen LogP contribution in [0.5, 0.6) is 5.75 Å². The van der Waals surface area contributed by atoms with Gasteiger partial charge in [0, 0.05) is 30.0 Å². The molecule has 2 aromatic carbocycles. The maximum Gasteiger partial charge on any atom is 0.227 e. The average molecular weight is 461 g/mol. The number of phenols is 1. The zero-order valence-corrected chi connectivity index (χ0v) is 21.1. The van der Waals surface area contributed by atoms with Crippen molar-refractivity contribution >= 4 is 17.3 Å². The lowest BCUT2D eigenvalue weighted by atomic mass is 9.98. The van der Waals surface area contributed by atoms with Crippen molar-refractivity contribution in [3.8, 4) is 5.75 Å². The zero-order valence-electron chi connectivity index (χ0n) is 21.1. The lowest BCUT2D eigenvalue weighted by molar-refractivity contribution is -0.118. The molecule has 0 saturated heterocycles. The van der Waals surface area contributed by atoms with Crippen LogP contribution >= 0.6 is 0 Å². The Morgan fingerprint density at radius 3 is 2.38 bits per heavy atom. The summed E-state index contributed by atoms with van der Waals surface area (Å²) in [6, 6.07) is 12.0. The minimum absolute atomic E-state index is 0.119. The number of hydrogen-bond acceptors (Lipinski definition) is 3. The van der Waals surface area contributed by atoms with Crippen molar-refractivity contribution < 1.29 is 9.90 Å². The number of benzene rings is 2. The van der Waals surface area contributed by atoms with E-state index in [1.54, 1.807) is 12.2 Å². The molecule has 0 fully saturated rings. The van der Waals surface area contributed by atoms with Gasteiger partial charge in [-0.15, -0.1) is 0 Å². The van der Waals surface area contributed by atoms with E-state index in [0.717, 1.165) is 65.9 Å². The van der Waals surface area contributed by atoms with Crippen molar-refractivity contribution in [2.24, 2.45) is 0 Å². The van der Waals surface area contributed by atoms with Gasteiger partial charge in [0.05, 0.1) is 0 Å². The van der Waals surface area contributed by atoms with Crippen LogP contribution in [-0.2, 0) is 17.6 Å². The number of carbonyl (C=O) groups is 1. The number of hydrogen-bond donors (Lipinski definition) is 2. The molecule has 0 aliphatic rings. The predicted molar refractivity (Wildman–Crippen MR) is 146 cm³/mol. The van der Waals surface area contributed by atoms with Gasteiger partial charge in [-0.05, 0) is 85.7 Å². The van der Waals surface area contributed by atoms with E-state index in [1.165, 1.54) is 0 Å². The Labute approximate surface area is 205 Å². The standard InChI is InChI=1S/C30H40N2O2/c1-6-10-13-25-22-24(21-23(5)30(25)34)14-19-29(33)32(20-11-7-2)28-17-15-27(16-18-28)31-26(9-4)12-8-3/h8-9,12,15-18,21-22,31,34H,3-4,6-7,10-11,13-14,19-20H2,1-2,5H3/b26-12+. The summed E-state index contributed by atoms with van der Waals surface area (Å²) in [7, 11) is 0. The molecule has 2 aromatic rings. The van der Waals surface area contributed by atoms with Gasteiger partial charge in [0.25, 0.3) is 0 Å². The van der Waals surface area contributed by atoms with Gasteiger partial charge >= 0.3 is 0 Å². The fraction of sp³-hybridized carbons (Fsp3) is 0.367. The predicted octanol–water partition coefficient (Wildman–Crippen LogP) is 7.48. The molecule has 0 unspecified atom stereocenters. The molecule has 0 atom stereocenters. The van der Waals surface area contributed by atoms with E-state index in [2.05, 4.69) is 38.4 Å². The average Bonchev–Trinajstić information content (AvgIpc) is 2.84. The number of allylic oxidation sites excluding steroid dienone is 3. The van der Waals surface area contributed by atoms with Gasteiger partial charge in [-0.25, -0.2) is 0 Å². The van der Waals surface area contributed by atoms with Crippen LogP contribution < -0.4 is 10.2 Å². The Hall–Kier alpha value is -3.27. The lowest BCUT2D eigenvalue weighted by Crippen LogP contribution is -2.32. The number of amides is 1. The fourth-order valence-electron chi connectivity index (χ4n) is 3.91. The highest BCUT2D eigenvalue weighted by Crippen LogP contribution is 2.27.